The van der Waals surface area contributed by atoms with Crippen LogP contribution in [0.1, 0.15) is 23.7 Å². The number of rotatable bonds is 5. The van der Waals surface area contributed by atoms with Crippen LogP contribution in [0.3, 0.4) is 0 Å². The number of aliphatic hydroxyl groups excluding tert-OH is 1. The van der Waals surface area contributed by atoms with Crippen LogP contribution >= 0.6 is 0 Å². The first-order chi connectivity index (χ1) is 9.58. The van der Waals surface area contributed by atoms with Crippen molar-refractivity contribution in [1.82, 2.24) is 4.90 Å². The second-order valence-electron chi connectivity index (χ2n) is 5.26. The van der Waals surface area contributed by atoms with E-state index in [0.29, 0.717) is 17.8 Å². The summed E-state index contributed by atoms with van der Waals surface area (Å²) in [4.78, 5) is 25.3. The van der Waals surface area contributed by atoms with Crippen LogP contribution in [-0.4, -0.2) is 47.9 Å². The number of anilines is 1. The van der Waals surface area contributed by atoms with E-state index >= 15 is 0 Å². The van der Waals surface area contributed by atoms with E-state index in [0.717, 1.165) is 19.5 Å². The van der Waals surface area contributed by atoms with Crippen molar-refractivity contribution in [2.75, 3.05) is 31.6 Å². The lowest BCUT2D eigenvalue weighted by molar-refractivity contribution is -0.117. The van der Waals surface area contributed by atoms with Gasteiger partial charge in [-0.15, -0.1) is 0 Å². The number of hydrogen-bond acceptors (Lipinski definition) is 4. The number of nitrogens with zero attached hydrogens (tertiary/aromatic N) is 1. The number of benzene rings is 1. The number of ketones is 1. The number of hydrogen-bond donors (Lipinski definition) is 2. The molecular weight excluding hydrogens is 256 g/mol. The smallest absolute Gasteiger partial charge is 0.238 e. The summed E-state index contributed by atoms with van der Waals surface area (Å²) in [6.45, 7) is 3.60. The first kappa shape index (κ1) is 14.7. The van der Waals surface area contributed by atoms with Crippen molar-refractivity contribution in [3.63, 3.8) is 0 Å². The number of Topliss-reactive ketones (excluding diaryl/α,β-unsaturated/α-hetero) is 1. The van der Waals surface area contributed by atoms with Crippen LogP contribution in [0.25, 0.3) is 0 Å². The lowest BCUT2D eigenvalue weighted by atomic mass is 10.1. The molecule has 1 aliphatic heterocycles. The van der Waals surface area contributed by atoms with Crippen molar-refractivity contribution >= 4 is 17.4 Å². The van der Waals surface area contributed by atoms with Crippen molar-refractivity contribution in [2.45, 2.75) is 13.3 Å². The molecule has 1 unspecified atom stereocenters. The number of aliphatic hydroxyl groups is 1. The molecule has 1 heterocycles. The molecule has 0 aliphatic carbocycles. The zero-order valence-electron chi connectivity index (χ0n) is 11.6. The molecule has 20 heavy (non-hydrogen) atoms. The Labute approximate surface area is 118 Å². The van der Waals surface area contributed by atoms with Gasteiger partial charge in [-0.2, -0.15) is 0 Å². The maximum atomic E-state index is 11.9. The van der Waals surface area contributed by atoms with E-state index in [1.807, 2.05) is 4.90 Å². The molecule has 0 bridgehead atoms. The molecule has 5 heteroatoms. The van der Waals surface area contributed by atoms with Crippen LogP contribution in [0.5, 0.6) is 0 Å². The van der Waals surface area contributed by atoms with Gasteiger partial charge < -0.3 is 10.4 Å². The highest BCUT2D eigenvalue weighted by molar-refractivity contribution is 5.97. The highest BCUT2D eigenvalue weighted by Crippen LogP contribution is 2.15. The molecule has 1 saturated heterocycles. The Kier molecular flexibility index (Phi) is 4.87. The lowest BCUT2D eigenvalue weighted by Gasteiger charge is -2.15. The Bertz CT molecular complexity index is 502. The van der Waals surface area contributed by atoms with Crippen molar-refractivity contribution < 1.29 is 14.7 Å². The summed E-state index contributed by atoms with van der Waals surface area (Å²) in [5, 5.41) is 11.9. The highest BCUT2D eigenvalue weighted by Gasteiger charge is 2.23. The Morgan fingerprint density at radius 3 is 2.90 bits per heavy atom. The fourth-order valence-electron chi connectivity index (χ4n) is 2.43. The summed E-state index contributed by atoms with van der Waals surface area (Å²) in [6, 6.07) is 6.93. The fourth-order valence-corrected chi connectivity index (χ4v) is 2.43. The first-order valence-electron chi connectivity index (χ1n) is 6.82. The topological polar surface area (TPSA) is 69.6 Å². The third-order valence-corrected chi connectivity index (χ3v) is 3.55. The van der Waals surface area contributed by atoms with Crippen molar-refractivity contribution in [2.24, 2.45) is 5.92 Å². The van der Waals surface area contributed by atoms with Gasteiger partial charge in [0.1, 0.15) is 0 Å². The minimum Gasteiger partial charge on any atom is -0.396 e. The molecule has 1 atom stereocenters. The molecule has 0 spiro atoms. The van der Waals surface area contributed by atoms with E-state index in [4.69, 9.17) is 5.11 Å². The second kappa shape index (κ2) is 6.63. The van der Waals surface area contributed by atoms with Gasteiger partial charge in [-0.05, 0) is 37.9 Å². The average Bonchev–Trinajstić information content (AvgIpc) is 2.86. The summed E-state index contributed by atoms with van der Waals surface area (Å²) >= 11 is 0. The van der Waals surface area contributed by atoms with Crippen LogP contribution < -0.4 is 5.32 Å². The summed E-state index contributed by atoms with van der Waals surface area (Å²) in [5.41, 5.74) is 1.23. The first-order valence-corrected chi connectivity index (χ1v) is 6.82. The van der Waals surface area contributed by atoms with Crippen molar-refractivity contribution in [3.8, 4) is 0 Å². The van der Waals surface area contributed by atoms with Crippen LogP contribution in [0.4, 0.5) is 5.69 Å². The highest BCUT2D eigenvalue weighted by atomic mass is 16.3. The Morgan fingerprint density at radius 1 is 1.45 bits per heavy atom. The van der Waals surface area contributed by atoms with Gasteiger partial charge in [0.05, 0.1) is 6.54 Å². The molecular formula is C15H20N2O3. The van der Waals surface area contributed by atoms with Crippen molar-refractivity contribution in [1.29, 1.82) is 0 Å². The zero-order valence-corrected chi connectivity index (χ0v) is 11.6. The molecule has 2 N–H and O–H groups in total. The van der Waals surface area contributed by atoms with E-state index in [-0.39, 0.29) is 24.2 Å². The minimum absolute atomic E-state index is 0.0218. The molecule has 1 aromatic carbocycles. The molecule has 1 aliphatic rings. The maximum Gasteiger partial charge on any atom is 0.238 e. The molecule has 0 saturated carbocycles. The predicted octanol–water partition coefficient (Wildman–Crippen LogP) is 1.14. The standard InChI is InChI=1S/C15H20N2O3/c1-11(19)13-3-2-4-14(7-13)16-15(20)9-17-6-5-12(8-17)10-18/h2-4,7,12,18H,5-6,8-10H2,1H3,(H,16,20). The summed E-state index contributed by atoms with van der Waals surface area (Å²) in [6.07, 6.45) is 0.934. The van der Waals surface area contributed by atoms with Gasteiger partial charge in [0.2, 0.25) is 5.91 Å². The van der Waals surface area contributed by atoms with Gasteiger partial charge in [-0.3, -0.25) is 14.5 Å². The number of nitrogens with one attached hydrogen (secondary N) is 1. The molecule has 1 amide bonds. The monoisotopic (exact) mass is 276 g/mol. The summed E-state index contributed by atoms with van der Waals surface area (Å²) in [5.74, 6) is 0.166. The van der Waals surface area contributed by atoms with Crippen LogP contribution in [0.15, 0.2) is 24.3 Å². The fraction of sp³-hybridized carbons (Fsp3) is 0.467. The zero-order chi connectivity index (χ0) is 14.5. The third kappa shape index (κ3) is 3.88. The van der Waals surface area contributed by atoms with E-state index in [9.17, 15) is 9.59 Å². The number of amides is 1. The Morgan fingerprint density at radius 2 is 2.25 bits per heavy atom. The van der Waals surface area contributed by atoms with E-state index < -0.39 is 0 Å². The van der Waals surface area contributed by atoms with Gasteiger partial charge in [0, 0.05) is 24.4 Å². The second-order valence-corrected chi connectivity index (χ2v) is 5.26. The Balaban J connectivity index is 1.88. The lowest BCUT2D eigenvalue weighted by Crippen LogP contribution is -2.31. The van der Waals surface area contributed by atoms with Crippen LogP contribution in [0.2, 0.25) is 0 Å². The average molecular weight is 276 g/mol. The number of likely N-dealkylation sites (tertiary alicyclic amines) is 1. The number of carbonyl (C=O) groups is 2. The summed E-state index contributed by atoms with van der Waals surface area (Å²) in [7, 11) is 0. The van der Waals surface area contributed by atoms with E-state index in [1.54, 1.807) is 24.3 Å². The van der Waals surface area contributed by atoms with Gasteiger partial charge in [0.25, 0.3) is 0 Å². The largest absolute Gasteiger partial charge is 0.396 e. The normalized spacial score (nSPS) is 19.0. The van der Waals surface area contributed by atoms with E-state index in [1.165, 1.54) is 6.92 Å². The molecule has 108 valence electrons. The SMILES string of the molecule is CC(=O)c1cccc(NC(=O)CN2CCC(CO)C2)c1. The van der Waals surface area contributed by atoms with Gasteiger partial charge in [0.15, 0.2) is 5.78 Å². The molecule has 2 rings (SSSR count). The molecule has 5 nitrogen and oxygen atoms in total. The Hall–Kier alpha value is -1.72. The molecule has 1 aromatic rings. The quantitative estimate of drug-likeness (QED) is 0.791. The van der Waals surface area contributed by atoms with Gasteiger partial charge in [-0.1, -0.05) is 12.1 Å². The van der Waals surface area contributed by atoms with E-state index in [2.05, 4.69) is 5.32 Å². The van der Waals surface area contributed by atoms with Gasteiger partial charge >= 0.3 is 0 Å². The van der Waals surface area contributed by atoms with Gasteiger partial charge in [-0.25, -0.2) is 0 Å². The van der Waals surface area contributed by atoms with Crippen LogP contribution in [0, 0.1) is 5.92 Å². The molecule has 0 radical (unpaired) electrons. The van der Waals surface area contributed by atoms with Crippen LogP contribution in [-0.2, 0) is 4.79 Å². The molecule has 1 fully saturated rings. The molecule has 0 aromatic heterocycles. The maximum absolute atomic E-state index is 11.9. The van der Waals surface area contributed by atoms with Crippen molar-refractivity contribution in [3.05, 3.63) is 29.8 Å². The summed E-state index contributed by atoms with van der Waals surface area (Å²) < 4.78 is 0. The minimum atomic E-state index is -0.0932. The third-order valence-electron chi connectivity index (χ3n) is 3.55. The predicted molar refractivity (Wildman–Crippen MR) is 76.7 cm³/mol. The number of carbonyl (C=O) groups excluding carboxylic acids is 2.